The van der Waals surface area contributed by atoms with E-state index < -0.39 is 11.9 Å². The fourth-order valence-corrected chi connectivity index (χ4v) is 1.69. The summed E-state index contributed by atoms with van der Waals surface area (Å²) in [5, 5.41) is 6.63. The van der Waals surface area contributed by atoms with E-state index in [1.165, 1.54) is 13.1 Å². The van der Waals surface area contributed by atoms with Crippen LogP contribution in [-0.2, 0) is 6.18 Å². The molecule has 96 valence electrons. The zero-order chi connectivity index (χ0) is 13.3. The number of halogens is 4. The monoisotopic (exact) mass is 275 g/mol. The lowest BCUT2D eigenvalue weighted by molar-refractivity contribution is -0.141. The van der Waals surface area contributed by atoms with Gasteiger partial charge < -0.3 is 5.32 Å². The summed E-state index contributed by atoms with van der Waals surface area (Å²) in [5.41, 5.74) is -0.492. The number of aromatic nitrogens is 2. The van der Waals surface area contributed by atoms with E-state index in [1.807, 2.05) is 0 Å². The van der Waals surface area contributed by atoms with Gasteiger partial charge in [0.1, 0.15) is 5.82 Å². The van der Waals surface area contributed by atoms with Crippen LogP contribution in [0.5, 0.6) is 0 Å². The highest BCUT2D eigenvalue weighted by Crippen LogP contribution is 2.31. The van der Waals surface area contributed by atoms with Gasteiger partial charge in [-0.3, -0.25) is 0 Å². The second-order valence-corrected chi connectivity index (χ2v) is 3.99. The van der Waals surface area contributed by atoms with Crippen LogP contribution in [0.25, 0.3) is 5.69 Å². The van der Waals surface area contributed by atoms with Crippen LogP contribution in [0.2, 0.25) is 5.02 Å². The third-order valence-corrected chi connectivity index (χ3v) is 2.54. The van der Waals surface area contributed by atoms with E-state index in [2.05, 4.69) is 10.4 Å². The van der Waals surface area contributed by atoms with Gasteiger partial charge in [0, 0.05) is 18.1 Å². The molecule has 2 rings (SSSR count). The highest BCUT2D eigenvalue weighted by Gasteiger charge is 2.35. The zero-order valence-electron chi connectivity index (χ0n) is 9.29. The number of hydrogen-bond acceptors (Lipinski definition) is 2. The van der Waals surface area contributed by atoms with Crippen molar-refractivity contribution in [2.75, 3.05) is 12.4 Å². The molecule has 0 radical (unpaired) electrons. The number of anilines is 1. The van der Waals surface area contributed by atoms with Gasteiger partial charge in [-0.25, -0.2) is 4.68 Å². The van der Waals surface area contributed by atoms with Crippen molar-refractivity contribution < 1.29 is 13.2 Å². The van der Waals surface area contributed by atoms with E-state index in [1.54, 1.807) is 18.2 Å². The van der Waals surface area contributed by atoms with Gasteiger partial charge in [0.05, 0.1) is 5.69 Å². The number of hydrogen-bond donors (Lipinski definition) is 1. The Morgan fingerprint density at radius 2 is 2.00 bits per heavy atom. The van der Waals surface area contributed by atoms with Crippen LogP contribution in [0, 0.1) is 0 Å². The fraction of sp³-hybridized carbons (Fsp3) is 0.182. The average Bonchev–Trinajstić information content (AvgIpc) is 2.72. The molecule has 0 spiro atoms. The smallest absolute Gasteiger partial charge is 0.373 e. The van der Waals surface area contributed by atoms with Crippen LogP contribution in [0.3, 0.4) is 0 Å². The molecule has 0 aliphatic rings. The van der Waals surface area contributed by atoms with Gasteiger partial charge in [0.15, 0.2) is 5.69 Å². The molecular formula is C11H9ClF3N3. The van der Waals surface area contributed by atoms with Gasteiger partial charge in [-0.15, -0.1) is 0 Å². The Labute approximate surface area is 106 Å². The Balaban J connectivity index is 2.54. The molecule has 0 saturated heterocycles. The van der Waals surface area contributed by atoms with Gasteiger partial charge >= 0.3 is 6.18 Å². The Morgan fingerprint density at radius 1 is 1.28 bits per heavy atom. The quantitative estimate of drug-likeness (QED) is 0.908. The molecular weight excluding hydrogens is 267 g/mol. The van der Waals surface area contributed by atoms with Crippen LogP contribution in [0.15, 0.2) is 30.3 Å². The number of rotatable bonds is 2. The molecule has 0 unspecified atom stereocenters. The standard InChI is InChI=1S/C11H9ClF3N3/c1-16-10-6-9(11(13,14)15)17-18(10)8-4-2-3-7(12)5-8/h2-6,16H,1H3. The molecule has 7 heteroatoms. The van der Waals surface area contributed by atoms with E-state index in [-0.39, 0.29) is 5.82 Å². The molecule has 1 aromatic heterocycles. The molecule has 0 atom stereocenters. The lowest BCUT2D eigenvalue weighted by Crippen LogP contribution is -2.07. The van der Waals surface area contributed by atoms with Crippen molar-refractivity contribution in [1.29, 1.82) is 0 Å². The number of benzene rings is 1. The molecule has 1 aromatic carbocycles. The molecule has 2 aromatic rings. The average molecular weight is 276 g/mol. The number of nitrogens with one attached hydrogen (secondary N) is 1. The molecule has 0 amide bonds. The Kier molecular flexibility index (Phi) is 3.21. The summed E-state index contributed by atoms with van der Waals surface area (Å²) in [6, 6.07) is 7.39. The highest BCUT2D eigenvalue weighted by atomic mass is 35.5. The predicted octanol–water partition coefficient (Wildman–Crippen LogP) is 3.59. The lowest BCUT2D eigenvalue weighted by Gasteiger charge is -2.06. The summed E-state index contributed by atoms with van der Waals surface area (Å²) >= 11 is 5.80. The molecule has 0 fully saturated rings. The first kappa shape index (κ1) is 12.8. The van der Waals surface area contributed by atoms with Crippen LogP contribution in [-0.4, -0.2) is 16.8 Å². The lowest BCUT2D eigenvalue weighted by atomic mass is 10.3. The largest absolute Gasteiger partial charge is 0.435 e. The van der Waals surface area contributed by atoms with E-state index in [0.717, 1.165) is 10.7 Å². The maximum Gasteiger partial charge on any atom is 0.435 e. The summed E-state index contributed by atoms with van der Waals surface area (Å²) < 4.78 is 38.9. The molecule has 1 heterocycles. The van der Waals surface area contributed by atoms with Crippen LogP contribution >= 0.6 is 11.6 Å². The van der Waals surface area contributed by atoms with Crippen molar-refractivity contribution in [1.82, 2.24) is 9.78 Å². The van der Waals surface area contributed by atoms with E-state index >= 15 is 0 Å². The van der Waals surface area contributed by atoms with Gasteiger partial charge in [0.25, 0.3) is 0 Å². The van der Waals surface area contributed by atoms with E-state index in [9.17, 15) is 13.2 Å². The van der Waals surface area contributed by atoms with E-state index in [4.69, 9.17) is 11.6 Å². The summed E-state index contributed by atoms with van der Waals surface area (Å²) in [4.78, 5) is 0. The van der Waals surface area contributed by atoms with E-state index in [0.29, 0.717) is 10.7 Å². The van der Waals surface area contributed by atoms with Crippen molar-refractivity contribution in [3.8, 4) is 5.69 Å². The summed E-state index contributed by atoms with van der Waals surface area (Å²) in [6.07, 6.45) is -4.48. The highest BCUT2D eigenvalue weighted by molar-refractivity contribution is 6.30. The fourth-order valence-electron chi connectivity index (χ4n) is 1.50. The second-order valence-electron chi connectivity index (χ2n) is 3.55. The third-order valence-electron chi connectivity index (χ3n) is 2.31. The molecule has 0 saturated carbocycles. The first-order valence-electron chi connectivity index (χ1n) is 5.03. The second kappa shape index (κ2) is 4.53. The normalized spacial score (nSPS) is 11.6. The Bertz CT molecular complexity index is 563. The molecule has 18 heavy (non-hydrogen) atoms. The first-order chi connectivity index (χ1) is 8.41. The maximum absolute atomic E-state index is 12.6. The summed E-state index contributed by atoms with van der Waals surface area (Å²) in [7, 11) is 1.53. The van der Waals surface area contributed by atoms with Crippen LogP contribution in [0.1, 0.15) is 5.69 Å². The Morgan fingerprint density at radius 3 is 2.56 bits per heavy atom. The van der Waals surface area contributed by atoms with Crippen LogP contribution in [0.4, 0.5) is 19.0 Å². The summed E-state index contributed by atoms with van der Waals surface area (Å²) in [5.74, 6) is 0.240. The molecule has 0 aliphatic carbocycles. The zero-order valence-corrected chi connectivity index (χ0v) is 10.0. The number of alkyl halides is 3. The van der Waals surface area contributed by atoms with Crippen molar-refractivity contribution in [2.24, 2.45) is 0 Å². The van der Waals surface area contributed by atoms with Gasteiger partial charge in [-0.1, -0.05) is 17.7 Å². The molecule has 1 N–H and O–H groups in total. The number of nitrogens with zero attached hydrogens (tertiary/aromatic N) is 2. The minimum atomic E-state index is -4.48. The topological polar surface area (TPSA) is 29.9 Å². The van der Waals surface area contributed by atoms with Crippen molar-refractivity contribution in [2.45, 2.75) is 6.18 Å². The minimum absolute atomic E-state index is 0.240. The Hall–Kier alpha value is -1.69. The van der Waals surface area contributed by atoms with Gasteiger partial charge in [-0.05, 0) is 18.2 Å². The molecule has 3 nitrogen and oxygen atoms in total. The maximum atomic E-state index is 12.6. The van der Waals surface area contributed by atoms with Crippen molar-refractivity contribution >= 4 is 17.4 Å². The first-order valence-corrected chi connectivity index (χ1v) is 5.40. The minimum Gasteiger partial charge on any atom is -0.373 e. The predicted molar refractivity (Wildman–Crippen MR) is 63.1 cm³/mol. The van der Waals surface area contributed by atoms with Gasteiger partial charge in [0.2, 0.25) is 0 Å². The third kappa shape index (κ3) is 2.43. The van der Waals surface area contributed by atoms with Crippen molar-refractivity contribution in [3.05, 3.63) is 41.0 Å². The SMILES string of the molecule is CNc1cc(C(F)(F)F)nn1-c1cccc(Cl)c1. The van der Waals surface area contributed by atoms with Crippen LogP contribution < -0.4 is 5.32 Å². The van der Waals surface area contributed by atoms with Crippen molar-refractivity contribution in [3.63, 3.8) is 0 Å². The van der Waals surface area contributed by atoms with Gasteiger partial charge in [-0.2, -0.15) is 18.3 Å². The summed E-state index contributed by atoms with van der Waals surface area (Å²) in [6.45, 7) is 0. The molecule has 0 aliphatic heterocycles. The molecule has 0 bridgehead atoms.